The van der Waals surface area contributed by atoms with Gasteiger partial charge in [-0.25, -0.2) is 13.8 Å². The van der Waals surface area contributed by atoms with Crippen molar-refractivity contribution < 1.29 is 13.6 Å². The van der Waals surface area contributed by atoms with E-state index in [-0.39, 0.29) is 5.82 Å². The standard InChI is InChI=1S/C16H9F2NOS/c17-12-5-1-3-10(7-12)15-14(9-20)21-16(19-15)11-4-2-6-13(18)8-11/h1-9H. The second kappa shape index (κ2) is 5.54. The van der Waals surface area contributed by atoms with Gasteiger partial charge in [0.25, 0.3) is 0 Å². The zero-order valence-electron chi connectivity index (χ0n) is 10.7. The van der Waals surface area contributed by atoms with E-state index in [4.69, 9.17) is 0 Å². The largest absolute Gasteiger partial charge is 0.297 e. The molecule has 2 aromatic carbocycles. The molecule has 104 valence electrons. The number of hydrogen-bond donors (Lipinski definition) is 0. The van der Waals surface area contributed by atoms with Gasteiger partial charge in [0.2, 0.25) is 0 Å². The molecule has 21 heavy (non-hydrogen) atoms. The van der Waals surface area contributed by atoms with Crippen molar-refractivity contribution in [1.82, 2.24) is 4.98 Å². The van der Waals surface area contributed by atoms with E-state index in [1.54, 1.807) is 24.3 Å². The highest BCUT2D eigenvalue weighted by molar-refractivity contribution is 7.17. The monoisotopic (exact) mass is 301 g/mol. The van der Waals surface area contributed by atoms with E-state index in [0.29, 0.717) is 33.0 Å². The highest BCUT2D eigenvalue weighted by atomic mass is 32.1. The zero-order chi connectivity index (χ0) is 14.8. The van der Waals surface area contributed by atoms with Gasteiger partial charge in [-0.15, -0.1) is 11.3 Å². The maximum Gasteiger partial charge on any atom is 0.162 e. The van der Waals surface area contributed by atoms with Crippen LogP contribution >= 0.6 is 11.3 Å². The van der Waals surface area contributed by atoms with Crippen LogP contribution in [0.5, 0.6) is 0 Å². The highest BCUT2D eigenvalue weighted by Crippen LogP contribution is 2.33. The van der Waals surface area contributed by atoms with Crippen LogP contribution in [0.15, 0.2) is 48.5 Å². The lowest BCUT2D eigenvalue weighted by atomic mass is 10.1. The molecule has 0 saturated carbocycles. The molecule has 3 rings (SSSR count). The Bertz CT molecular complexity index is 814. The summed E-state index contributed by atoms with van der Waals surface area (Å²) in [6.45, 7) is 0. The van der Waals surface area contributed by atoms with Crippen molar-refractivity contribution >= 4 is 17.6 Å². The molecule has 0 spiro atoms. The molecule has 0 radical (unpaired) electrons. The average Bonchev–Trinajstić information content (AvgIpc) is 2.91. The molecule has 0 aliphatic heterocycles. The second-order valence-corrected chi connectivity index (χ2v) is 5.40. The van der Waals surface area contributed by atoms with Crippen LogP contribution in [0, 0.1) is 11.6 Å². The third-order valence-electron chi connectivity index (χ3n) is 2.93. The van der Waals surface area contributed by atoms with Crippen LogP contribution in [0.1, 0.15) is 9.67 Å². The van der Waals surface area contributed by atoms with E-state index in [2.05, 4.69) is 4.98 Å². The number of carbonyl (C=O) groups excluding carboxylic acids is 1. The van der Waals surface area contributed by atoms with Gasteiger partial charge < -0.3 is 0 Å². The topological polar surface area (TPSA) is 30.0 Å². The Hall–Kier alpha value is -2.40. The Morgan fingerprint density at radius 1 is 0.952 bits per heavy atom. The quantitative estimate of drug-likeness (QED) is 0.663. The minimum absolute atomic E-state index is 0.373. The molecule has 0 N–H and O–H groups in total. The van der Waals surface area contributed by atoms with E-state index in [9.17, 15) is 13.6 Å². The minimum atomic E-state index is -0.398. The van der Waals surface area contributed by atoms with Gasteiger partial charge >= 0.3 is 0 Å². The summed E-state index contributed by atoms with van der Waals surface area (Å²) in [7, 11) is 0. The van der Waals surface area contributed by atoms with Crippen LogP contribution < -0.4 is 0 Å². The van der Waals surface area contributed by atoms with Gasteiger partial charge in [-0.05, 0) is 24.3 Å². The molecule has 0 fully saturated rings. The Labute approximate surface area is 123 Å². The number of aromatic nitrogens is 1. The average molecular weight is 301 g/mol. The number of benzene rings is 2. The lowest BCUT2D eigenvalue weighted by Crippen LogP contribution is -1.85. The van der Waals surface area contributed by atoms with Gasteiger partial charge in [0.1, 0.15) is 16.6 Å². The summed E-state index contributed by atoms with van der Waals surface area (Å²) in [6, 6.07) is 11.9. The zero-order valence-corrected chi connectivity index (χ0v) is 11.5. The van der Waals surface area contributed by atoms with Gasteiger partial charge in [0, 0.05) is 11.1 Å². The van der Waals surface area contributed by atoms with Crippen LogP contribution in [-0.2, 0) is 0 Å². The third-order valence-corrected chi connectivity index (χ3v) is 3.96. The molecule has 0 aliphatic rings. The smallest absolute Gasteiger partial charge is 0.162 e. The molecule has 0 unspecified atom stereocenters. The first-order chi connectivity index (χ1) is 10.2. The predicted octanol–water partition coefficient (Wildman–Crippen LogP) is 4.57. The summed E-state index contributed by atoms with van der Waals surface area (Å²) in [4.78, 5) is 15.9. The van der Waals surface area contributed by atoms with Crippen molar-refractivity contribution in [2.75, 3.05) is 0 Å². The maximum absolute atomic E-state index is 13.3. The van der Waals surface area contributed by atoms with Crippen LogP contribution in [0.3, 0.4) is 0 Å². The lowest BCUT2D eigenvalue weighted by Gasteiger charge is -1.98. The van der Waals surface area contributed by atoms with Crippen molar-refractivity contribution in [2.45, 2.75) is 0 Å². The molecule has 5 heteroatoms. The summed E-state index contributed by atoms with van der Waals surface area (Å²) in [5, 5.41) is 0.524. The number of carbonyl (C=O) groups is 1. The van der Waals surface area contributed by atoms with Crippen LogP contribution in [-0.4, -0.2) is 11.3 Å². The molecule has 2 nitrogen and oxygen atoms in total. The van der Waals surface area contributed by atoms with Gasteiger partial charge in [-0.2, -0.15) is 0 Å². The van der Waals surface area contributed by atoms with E-state index >= 15 is 0 Å². The molecule has 0 aliphatic carbocycles. The van der Waals surface area contributed by atoms with Gasteiger partial charge in [0.15, 0.2) is 6.29 Å². The number of thiazole rings is 1. The third kappa shape index (κ3) is 2.73. The molecule has 3 aromatic rings. The maximum atomic E-state index is 13.3. The molecule has 1 heterocycles. The Morgan fingerprint density at radius 3 is 2.19 bits per heavy atom. The molecule has 0 saturated heterocycles. The second-order valence-electron chi connectivity index (χ2n) is 4.37. The summed E-state index contributed by atoms with van der Waals surface area (Å²) >= 11 is 1.15. The fourth-order valence-electron chi connectivity index (χ4n) is 2.00. The van der Waals surface area contributed by atoms with Crippen LogP contribution in [0.25, 0.3) is 21.8 Å². The van der Waals surface area contributed by atoms with Crippen molar-refractivity contribution in [3.8, 4) is 21.8 Å². The molecule has 0 bridgehead atoms. The number of hydrogen-bond acceptors (Lipinski definition) is 3. The first-order valence-electron chi connectivity index (χ1n) is 6.15. The molecular formula is C16H9F2NOS. The Balaban J connectivity index is 2.13. The molecule has 0 atom stereocenters. The van der Waals surface area contributed by atoms with E-state index in [0.717, 1.165) is 11.3 Å². The predicted molar refractivity (Wildman–Crippen MR) is 78.3 cm³/mol. The number of rotatable bonds is 3. The summed E-state index contributed by atoms with van der Waals surface area (Å²) in [5.41, 5.74) is 1.52. The molecular weight excluding hydrogens is 292 g/mol. The lowest BCUT2D eigenvalue weighted by molar-refractivity contribution is 0.112. The SMILES string of the molecule is O=Cc1sc(-c2cccc(F)c2)nc1-c1cccc(F)c1. The minimum Gasteiger partial charge on any atom is -0.297 e. The van der Waals surface area contributed by atoms with Gasteiger partial charge in [0.05, 0.1) is 10.6 Å². The van der Waals surface area contributed by atoms with Crippen molar-refractivity contribution in [2.24, 2.45) is 0 Å². The number of aldehydes is 1. The van der Waals surface area contributed by atoms with E-state index < -0.39 is 5.82 Å². The fourth-order valence-corrected chi connectivity index (χ4v) is 2.90. The van der Waals surface area contributed by atoms with Crippen molar-refractivity contribution in [3.63, 3.8) is 0 Å². The Morgan fingerprint density at radius 2 is 1.57 bits per heavy atom. The first-order valence-corrected chi connectivity index (χ1v) is 6.97. The Kier molecular flexibility index (Phi) is 3.58. The summed E-state index contributed by atoms with van der Waals surface area (Å²) in [5.74, 6) is -0.771. The summed E-state index contributed by atoms with van der Waals surface area (Å²) < 4.78 is 26.6. The van der Waals surface area contributed by atoms with Gasteiger partial charge in [-0.1, -0.05) is 24.3 Å². The molecule has 1 aromatic heterocycles. The van der Waals surface area contributed by atoms with E-state index in [1.807, 2.05) is 0 Å². The fraction of sp³-hybridized carbons (Fsp3) is 0. The molecule has 0 amide bonds. The normalized spacial score (nSPS) is 10.6. The van der Waals surface area contributed by atoms with Gasteiger partial charge in [-0.3, -0.25) is 4.79 Å². The van der Waals surface area contributed by atoms with Crippen molar-refractivity contribution in [3.05, 3.63) is 65.0 Å². The van der Waals surface area contributed by atoms with Crippen LogP contribution in [0.2, 0.25) is 0 Å². The van der Waals surface area contributed by atoms with E-state index in [1.165, 1.54) is 24.3 Å². The first kappa shape index (κ1) is 13.6. The highest BCUT2D eigenvalue weighted by Gasteiger charge is 2.14. The number of nitrogens with zero attached hydrogens (tertiary/aromatic N) is 1. The number of halogens is 2. The summed E-state index contributed by atoms with van der Waals surface area (Å²) in [6.07, 6.45) is 0.681. The van der Waals surface area contributed by atoms with Crippen molar-refractivity contribution in [1.29, 1.82) is 0 Å². The van der Waals surface area contributed by atoms with Crippen LogP contribution in [0.4, 0.5) is 8.78 Å².